The zero-order valence-corrected chi connectivity index (χ0v) is 18.2. The SMILES string of the molecule is Cl.NCCCOc1ccc(F)cc1[C@H]1CCCN1c1ccn[nH]1.OCN1C=NC=CC1. The lowest BCUT2D eigenvalue weighted by molar-refractivity contribution is 0.183. The van der Waals surface area contributed by atoms with E-state index in [1.807, 2.05) is 12.1 Å². The molecule has 2 aliphatic rings. The molecular weight excluding hydrogens is 423 g/mol. The van der Waals surface area contributed by atoms with Crippen LogP contribution in [-0.4, -0.2) is 59.5 Å². The van der Waals surface area contributed by atoms with Gasteiger partial charge in [0, 0.05) is 30.9 Å². The molecule has 2 aliphatic heterocycles. The summed E-state index contributed by atoms with van der Waals surface area (Å²) in [7, 11) is 0. The van der Waals surface area contributed by atoms with Crippen LogP contribution in [0.1, 0.15) is 30.9 Å². The maximum atomic E-state index is 13.7. The van der Waals surface area contributed by atoms with Gasteiger partial charge < -0.3 is 25.4 Å². The van der Waals surface area contributed by atoms with E-state index < -0.39 is 0 Å². The van der Waals surface area contributed by atoms with Crippen molar-refractivity contribution in [1.29, 1.82) is 0 Å². The van der Waals surface area contributed by atoms with Gasteiger partial charge in [-0.15, -0.1) is 12.4 Å². The smallest absolute Gasteiger partial charge is 0.124 e. The van der Waals surface area contributed by atoms with Crippen molar-refractivity contribution in [3.63, 3.8) is 0 Å². The molecule has 0 spiro atoms. The average Bonchev–Trinajstić information content (AvgIpc) is 3.47. The lowest BCUT2D eigenvalue weighted by Gasteiger charge is -2.27. The average molecular weight is 453 g/mol. The number of halogens is 2. The first kappa shape index (κ1) is 24.6. The highest BCUT2D eigenvalue weighted by atomic mass is 35.5. The van der Waals surface area contributed by atoms with Crippen LogP contribution in [0.2, 0.25) is 0 Å². The van der Waals surface area contributed by atoms with Crippen LogP contribution in [0.3, 0.4) is 0 Å². The normalized spacial score (nSPS) is 17.2. The van der Waals surface area contributed by atoms with Crippen molar-refractivity contribution in [3.05, 3.63) is 54.1 Å². The Bertz CT molecular complexity index is 833. The van der Waals surface area contributed by atoms with Crippen LogP contribution in [0, 0.1) is 5.82 Å². The first-order valence-corrected chi connectivity index (χ1v) is 10.1. The molecule has 1 atom stereocenters. The van der Waals surface area contributed by atoms with E-state index in [9.17, 15) is 4.39 Å². The van der Waals surface area contributed by atoms with Crippen molar-refractivity contribution in [2.75, 3.05) is 37.9 Å². The largest absolute Gasteiger partial charge is 0.493 e. The number of hydrogen-bond donors (Lipinski definition) is 3. The molecule has 0 bridgehead atoms. The van der Waals surface area contributed by atoms with E-state index >= 15 is 0 Å². The first-order valence-electron chi connectivity index (χ1n) is 10.1. The summed E-state index contributed by atoms with van der Waals surface area (Å²) < 4.78 is 19.6. The van der Waals surface area contributed by atoms with E-state index in [2.05, 4.69) is 20.1 Å². The summed E-state index contributed by atoms with van der Waals surface area (Å²) >= 11 is 0. The van der Waals surface area contributed by atoms with Crippen molar-refractivity contribution in [2.45, 2.75) is 25.3 Å². The van der Waals surface area contributed by atoms with E-state index in [1.54, 1.807) is 35.8 Å². The van der Waals surface area contributed by atoms with Crippen LogP contribution in [0.4, 0.5) is 10.2 Å². The predicted molar refractivity (Wildman–Crippen MR) is 122 cm³/mol. The second kappa shape index (κ2) is 12.9. The van der Waals surface area contributed by atoms with Crippen molar-refractivity contribution < 1.29 is 14.2 Å². The van der Waals surface area contributed by atoms with Gasteiger partial charge in [-0.25, -0.2) is 9.38 Å². The Labute approximate surface area is 188 Å². The number of anilines is 1. The quantitative estimate of drug-likeness (QED) is 0.558. The number of aliphatic hydroxyl groups excluding tert-OH is 1. The maximum absolute atomic E-state index is 13.7. The Morgan fingerprint density at radius 3 is 2.84 bits per heavy atom. The fraction of sp³-hybridized carbons (Fsp3) is 0.429. The summed E-state index contributed by atoms with van der Waals surface area (Å²) in [6.07, 6.45) is 9.75. The molecule has 3 heterocycles. The van der Waals surface area contributed by atoms with Gasteiger partial charge in [-0.1, -0.05) is 0 Å². The number of ether oxygens (including phenoxy) is 1. The molecule has 0 radical (unpaired) electrons. The van der Waals surface area contributed by atoms with E-state index in [1.165, 1.54) is 6.07 Å². The third-order valence-electron chi connectivity index (χ3n) is 4.93. The Morgan fingerprint density at radius 2 is 2.19 bits per heavy atom. The third kappa shape index (κ3) is 6.95. The molecule has 0 saturated carbocycles. The van der Waals surface area contributed by atoms with Gasteiger partial charge in [0.15, 0.2) is 0 Å². The molecule has 170 valence electrons. The first-order chi connectivity index (χ1) is 14.7. The minimum absolute atomic E-state index is 0. The van der Waals surface area contributed by atoms with Crippen molar-refractivity contribution in [2.24, 2.45) is 10.7 Å². The second-order valence-electron chi connectivity index (χ2n) is 7.03. The number of aromatic nitrogens is 2. The highest BCUT2D eigenvalue weighted by molar-refractivity contribution is 5.85. The number of rotatable bonds is 7. The van der Waals surface area contributed by atoms with Crippen LogP contribution in [0.25, 0.3) is 0 Å². The molecule has 1 aromatic carbocycles. The minimum atomic E-state index is -0.238. The summed E-state index contributed by atoms with van der Waals surface area (Å²) in [5.74, 6) is 1.46. The van der Waals surface area contributed by atoms with E-state index in [0.717, 1.165) is 49.5 Å². The number of nitrogens with two attached hydrogens (primary N) is 1. The number of benzene rings is 1. The molecule has 0 amide bonds. The lowest BCUT2D eigenvalue weighted by Crippen LogP contribution is -2.24. The summed E-state index contributed by atoms with van der Waals surface area (Å²) in [5.41, 5.74) is 6.40. The number of aliphatic imine (C=N–C) groups is 1. The van der Waals surface area contributed by atoms with E-state index in [4.69, 9.17) is 15.6 Å². The number of H-pyrrole nitrogens is 1. The summed E-state index contributed by atoms with van der Waals surface area (Å²) in [6, 6.07) is 6.77. The molecule has 4 rings (SSSR count). The van der Waals surface area contributed by atoms with Gasteiger partial charge >= 0.3 is 0 Å². The third-order valence-corrected chi connectivity index (χ3v) is 4.93. The highest BCUT2D eigenvalue weighted by Crippen LogP contribution is 2.39. The Balaban J connectivity index is 0.000000322. The standard InChI is InChI=1S/C16H21FN4O.C5H8N2O.ClH/c17-12-4-5-15(22-10-2-7-18)13(11-12)14-3-1-9-21(14)16-6-8-19-20-16;8-5-7-3-1-2-6-4-7;/h4-6,8,11,14H,1-3,7,9-10,18H2,(H,19,20);1-2,4,8H,3,5H2;1H/t14-;;/m1../s1. The van der Waals surface area contributed by atoms with Crippen molar-refractivity contribution in [1.82, 2.24) is 15.1 Å². The second-order valence-corrected chi connectivity index (χ2v) is 7.03. The molecular formula is C21H30ClFN6O2. The molecule has 0 unspecified atom stereocenters. The Kier molecular flexibility index (Phi) is 10.3. The number of aromatic amines is 1. The van der Waals surface area contributed by atoms with E-state index in [0.29, 0.717) is 13.2 Å². The van der Waals surface area contributed by atoms with Crippen molar-refractivity contribution >= 4 is 24.6 Å². The van der Waals surface area contributed by atoms with Crippen LogP contribution < -0.4 is 15.4 Å². The maximum Gasteiger partial charge on any atom is 0.124 e. The molecule has 0 aliphatic carbocycles. The van der Waals surface area contributed by atoms with Gasteiger partial charge in [0.25, 0.3) is 0 Å². The topological polar surface area (TPSA) is 103 Å². The molecule has 1 aromatic heterocycles. The van der Waals surface area contributed by atoms with Crippen LogP contribution >= 0.6 is 12.4 Å². The van der Waals surface area contributed by atoms with Crippen molar-refractivity contribution in [3.8, 4) is 5.75 Å². The number of nitrogens with zero attached hydrogens (tertiary/aromatic N) is 4. The van der Waals surface area contributed by atoms with E-state index in [-0.39, 0.29) is 31.0 Å². The van der Waals surface area contributed by atoms with Crippen LogP contribution in [0.15, 0.2) is 47.7 Å². The number of hydrogen-bond acceptors (Lipinski definition) is 7. The van der Waals surface area contributed by atoms with Gasteiger partial charge in [0.2, 0.25) is 0 Å². The van der Waals surface area contributed by atoms with Crippen LogP contribution in [0.5, 0.6) is 5.75 Å². The van der Waals surface area contributed by atoms with Gasteiger partial charge in [-0.3, -0.25) is 5.10 Å². The lowest BCUT2D eigenvalue weighted by atomic mass is 10.0. The molecule has 2 aromatic rings. The minimum Gasteiger partial charge on any atom is -0.493 e. The molecule has 1 saturated heterocycles. The zero-order valence-electron chi connectivity index (χ0n) is 17.4. The monoisotopic (exact) mass is 452 g/mol. The molecule has 1 fully saturated rings. The predicted octanol–water partition coefficient (Wildman–Crippen LogP) is 2.83. The fourth-order valence-electron chi connectivity index (χ4n) is 3.48. The van der Waals surface area contributed by atoms with Gasteiger partial charge in [0.05, 0.1) is 25.2 Å². The zero-order chi connectivity index (χ0) is 21.2. The van der Waals surface area contributed by atoms with Gasteiger partial charge in [-0.2, -0.15) is 5.10 Å². The molecule has 10 heteroatoms. The summed E-state index contributed by atoms with van der Waals surface area (Å²) in [4.78, 5) is 7.70. The van der Waals surface area contributed by atoms with Gasteiger partial charge in [0.1, 0.15) is 24.1 Å². The molecule has 8 nitrogen and oxygen atoms in total. The number of aliphatic hydroxyl groups is 1. The van der Waals surface area contributed by atoms with Gasteiger partial charge in [-0.05, 0) is 50.1 Å². The fourth-order valence-corrected chi connectivity index (χ4v) is 3.48. The number of nitrogens with one attached hydrogen (secondary N) is 1. The highest BCUT2D eigenvalue weighted by Gasteiger charge is 2.29. The molecule has 4 N–H and O–H groups in total. The summed E-state index contributed by atoms with van der Waals surface area (Å²) in [5, 5.41) is 15.5. The summed E-state index contributed by atoms with van der Waals surface area (Å²) in [6.45, 7) is 2.87. The Hall–Kier alpha value is -2.62. The Morgan fingerprint density at radius 1 is 1.32 bits per heavy atom. The molecule has 31 heavy (non-hydrogen) atoms. The van der Waals surface area contributed by atoms with Crippen LogP contribution in [-0.2, 0) is 0 Å².